The fraction of sp³-hybridized carbons (Fsp3) is 0. The number of aromatic nitrogens is 1. The molecule has 0 aliphatic carbocycles. The summed E-state index contributed by atoms with van der Waals surface area (Å²) in [6.45, 7) is 0. The highest BCUT2D eigenvalue weighted by Gasteiger charge is 2.17. The number of carbonyl (C=O) groups is 2. The molecule has 0 radical (unpaired) electrons. The summed E-state index contributed by atoms with van der Waals surface area (Å²) < 4.78 is 0. The normalized spacial score (nSPS) is 10.1. The van der Waals surface area contributed by atoms with Crippen molar-refractivity contribution in [3.63, 3.8) is 0 Å². The summed E-state index contributed by atoms with van der Waals surface area (Å²) in [5.41, 5.74) is 2.39. The quantitative estimate of drug-likeness (QED) is 0.835. The predicted molar refractivity (Wildman–Crippen MR) is 57.8 cm³/mol. The summed E-state index contributed by atoms with van der Waals surface area (Å²) in [6, 6.07) is 1.69. The highest BCUT2D eigenvalue weighted by atomic mass is 32.1. The Labute approximate surface area is 92.8 Å². The first kappa shape index (κ1) is 10.0. The molecule has 2 aromatic rings. The molecule has 0 unspecified atom stereocenters. The van der Waals surface area contributed by atoms with E-state index in [0.29, 0.717) is 22.4 Å². The molecule has 1 N–H and O–H groups in total. The molecule has 0 fully saturated rings. The largest absolute Gasteiger partial charge is 0.477 e. The number of nitrogens with zero attached hydrogens (tertiary/aromatic N) is 1. The van der Waals surface area contributed by atoms with Crippen molar-refractivity contribution in [2.75, 3.05) is 0 Å². The second-order valence-electron chi connectivity index (χ2n) is 2.65. The van der Waals surface area contributed by atoms with Crippen LogP contribution in [-0.4, -0.2) is 22.3 Å². The summed E-state index contributed by atoms with van der Waals surface area (Å²) in [5.74, 6) is -0.981. The third-order valence-corrected chi connectivity index (χ3v) is 3.59. The van der Waals surface area contributed by atoms with Gasteiger partial charge in [0.2, 0.25) is 0 Å². The molecule has 4 nitrogen and oxygen atoms in total. The molecule has 2 heterocycles. The number of hydrogen-bond acceptors (Lipinski definition) is 5. The second kappa shape index (κ2) is 3.92. The van der Waals surface area contributed by atoms with Gasteiger partial charge in [-0.3, -0.25) is 4.79 Å². The van der Waals surface area contributed by atoms with Gasteiger partial charge in [0.15, 0.2) is 6.29 Å². The first-order valence-corrected chi connectivity index (χ1v) is 5.69. The lowest BCUT2D eigenvalue weighted by Crippen LogP contribution is -1.94. The van der Waals surface area contributed by atoms with Crippen molar-refractivity contribution >= 4 is 34.9 Å². The van der Waals surface area contributed by atoms with E-state index in [1.54, 1.807) is 11.4 Å². The summed E-state index contributed by atoms with van der Waals surface area (Å²) in [6.07, 6.45) is 0.634. The molecule has 0 spiro atoms. The van der Waals surface area contributed by atoms with Gasteiger partial charge in [-0.05, 0) is 11.4 Å². The van der Waals surface area contributed by atoms with Gasteiger partial charge in [-0.25, -0.2) is 9.78 Å². The molecule has 15 heavy (non-hydrogen) atoms. The minimum absolute atomic E-state index is 0.238. The zero-order valence-electron chi connectivity index (χ0n) is 7.34. The van der Waals surface area contributed by atoms with Crippen LogP contribution < -0.4 is 0 Å². The van der Waals surface area contributed by atoms with Gasteiger partial charge in [-0.1, -0.05) is 0 Å². The van der Waals surface area contributed by atoms with E-state index in [-0.39, 0.29) is 4.88 Å². The second-order valence-corrected chi connectivity index (χ2v) is 4.42. The van der Waals surface area contributed by atoms with Crippen molar-refractivity contribution in [1.82, 2.24) is 4.98 Å². The van der Waals surface area contributed by atoms with Gasteiger partial charge in [0.1, 0.15) is 10.6 Å². The number of aldehydes is 1. The van der Waals surface area contributed by atoms with Crippen LogP contribution in [0.4, 0.5) is 0 Å². The van der Waals surface area contributed by atoms with Crippen molar-refractivity contribution < 1.29 is 14.7 Å². The van der Waals surface area contributed by atoms with Crippen LogP contribution in [0.3, 0.4) is 0 Å². The molecule has 76 valence electrons. The fourth-order valence-electron chi connectivity index (χ4n) is 1.19. The average Bonchev–Trinajstić information content (AvgIpc) is 2.85. The molecule has 0 bridgehead atoms. The van der Waals surface area contributed by atoms with Crippen LogP contribution in [0.15, 0.2) is 17.0 Å². The van der Waals surface area contributed by atoms with E-state index in [4.69, 9.17) is 5.11 Å². The number of carbonyl (C=O) groups excluding carboxylic acids is 1. The molecule has 6 heteroatoms. The molecular weight excluding hydrogens is 234 g/mol. The topological polar surface area (TPSA) is 67.3 Å². The third kappa shape index (κ3) is 1.69. The van der Waals surface area contributed by atoms with Crippen molar-refractivity contribution in [2.24, 2.45) is 0 Å². The Morgan fingerprint density at radius 3 is 2.93 bits per heavy atom. The highest BCUT2D eigenvalue weighted by molar-refractivity contribution is 7.15. The minimum Gasteiger partial charge on any atom is -0.477 e. The van der Waals surface area contributed by atoms with Gasteiger partial charge < -0.3 is 5.11 Å². The molecular formula is C9H5NO3S2. The van der Waals surface area contributed by atoms with E-state index in [1.165, 1.54) is 16.8 Å². The van der Waals surface area contributed by atoms with Crippen molar-refractivity contribution in [1.29, 1.82) is 0 Å². The number of thiophene rings is 1. The Balaban J connectivity index is 2.58. The number of hydrogen-bond donors (Lipinski definition) is 1. The zero-order valence-corrected chi connectivity index (χ0v) is 8.97. The van der Waals surface area contributed by atoms with E-state index < -0.39 is 5.97 Å². The third-order valence-electron chi connectivity index (χ3n) is 1.81. The molecule has 2 rings (SSSR count). The fourth-order valence-corrected chi connectivity index (χ4v) is 2.79. The van der Waals surface area contributed by atoms with E-state index in [1.807, 2.05) is 0 Å². The van der Waals surface area contributed by atoms with Crippen LogP contribution in [0.1, 0.15) is 20.2 Å². The first-order chi connectivity index (χ1) is 7.24. The highest BCUT2D eigenvalue weighted by Crippen LogP contribution is 2.32. The average molecular weight is 239 g/mol. The number of thiazole rings is 1. The molecule has 2 aromatic heterocycles. The molecule has 0 saturated heterocycles. The Hall–Kier alpha value is -1.53. The maximum atomic E-state index is 10.9. The van der Waals surface area contributed by atoms with Gasteiger partial charge >= 0.3 is 5.97 Å². The maximum absolute atomic E-state index is 10.9. The summed E-state index contributed by atoms with van der Waals surface area (Å²) >= 11 is 2.40. The van der Waals surface area contributed by atoms with Crippen LogP contribution in [0.2, 0.25) is 0 Å². The Bertz CT molecular complexity index is 515. The van der Waals surface area contributed by atoms with Gasteiger partial charge in [-0.15, -0.1) is 22.7 Å². The molecule has 0 atom stereocenters. The van der Waals surface area contributed by atoms with Crippen LogP contribution in [-0.2, 0) is 0 Å². The smallest absolute Gasteiger partial charge is 0.346 e. The monoisotopic (exact) mass is 239 g/mol. The summed E-state index contributed by atoms with van der Waals surface area (Å²) in [7, 11) is 0. The Morgan fingerprint density at radius 1 is 1.47 bits per heavy atom. The molecule has 0 aliphatic rings. The predicted octanol–water partition coefficient (Wildman–Crippen LogP) is 2.38. The van der Waals surface area contributed by atoms with Gasteiger partial charge in [-0.2, -0.15) is 0 Å². The standard InChI is InChI=1S/C9H5NO3S2/c11-3-6-7(15-4-10-6)5-1-2-14-8(5)9(12)13/h1-4H,(H,12,13). The molecule has 0 aliphatic heterocycles. The van der Waals surface area contributed by atoms with E-state index in [2.05, 4.69) is 4.98 Å². The van der Waals surface area contributed by atoms with E-state index in [0.717, 1.165) is 11.3 Å². The number of rotatable bonds is 3. The maximum Gasteiger partial charge on any atom is 0.346 e. The summed E-state index contributed by atoms with van der Waals surface area (Å²) in [4.78, 5) is 26.3. The minimum atomic E-state index is -0.981. The molecule has 0 saturated carbocycles. The molecule has 0 amide bonds. The lowest BCUT2D eigenvalue weighted by molar-refractivity contribution is 0.0702. The summed E-state index contributed by atoms with van der Waals surface area (Å²) in [5, 5.41) is 10.6. The lowest BCUT2D eigenvalue weighted by atomic mass is 10.2. The number of carboxylic acid groups (broad SMARTS) is 1. The van der Waals surface area contributed by atoms with Crippen molar-refractivity contribution in [3.8, 4) is 10.4 Å². The van der Waals surface area contributed by atoms with Crippen LogP contribution in [0, 0.1) is 0 Å². The van der Waals surface area contributed by atoms with Crippen molar-refractivity contribution in [3.05, 3.63) is 27.5 Å². The van der Waals surface area contributed by atoms with Crippen LogP contribution >= 0.6 is 22.7 Å². The number of aromatic carboxylic acids is 1. The van der Waals surface area contributed by atoms with E-state index in [9.17, 15) is 9.59 Å². The van der Waals surface area contributed by atoms with Crippen LogP contribution in [0.25, 0.3) is 10.4 Å². The first-order valence-electron chi connectivity index (χ1n) is 3.94. The zero-order chi connectivity index (χ0) is 10.8. The van der Waals surface area contributed by atoms with Crippen molar-refractivity contribution in [2.45, 2.75) is 0 Å². The number of carboxylic acids is 1. The SMILES string of the molecule is O=Cc1ncsc1-c1ccsc1C(=O)O. The lowest BCUT2D eigenvalue weighted by Gasteiger charge is -1.96. The Morgan fingerprint density at radius 2 is 2.27 bits per heavy atom. The molecule has 0 aromatic carbocycles. The van der Waals surface area contributed by atoms with Gasteiger partial charge in [0, 0.05) is 5.56 Å². The van der Waals surface area contributed by atoms with E-state index >= 15 is 0 Å². The van der Waals surface area contributed by atoms with Gasteiger partial charge in [0.05, 0.1) is 10.4 Å². The van der Waals surface area contributed by atoms with Gasteiger partial charge in [0.25, 0.3) is 0 Å². The van der Waals surface area contributed by atoms with Crippen LogP contribution in [0.5, 0.6) is 0 Å². The Kier molecular flexibility index (Phi) is 2.61.